The van der Waals surface area contributed by atoms with Gasteiger partial charge in [-0.05, 0) is 75.6 Å². The van der Waals surface area contributed by atoms with E-state index in [-0.39, 0.29) is 44.1 Å². The molecule has 8 nitrogen and oxygen atoms in total. The molecule has 0 fully saturated rings. The predicted octanol–water partition coefficient (Wildman–Crippen LogP) is 6.09. The lowest BCUT2D eigenvalue weighted by Crippen LogP contribution is -2.49. The van der Waals surface area contributed by atoms with Crippen LogP contribution in [0.25, 0.3) is 0 Å². The second kappa shape index (κ2) is 14.8. The van der Waals surface area contributed by atoms with Crippen molar-refractivity contribution in [2.24, 2.45) is 4.99 Å². The van der Waals surface area contributed by atoms with Crippen LogP contribution in [-0.2, 0) is 25.5 Å². The van der Waals surface area contributed by atoms with Gasteiger partial charge < -0.3 is 24.6 Å². The first-order valence-corrected chi connectivity index (χ1v) is 15.4. The molecule has 0 radical (unpaired) electrons. The zero-order chi connectivity index (χ0) is 31.7. The minimum Gasteiger partial charge on any atom is -0.494 e. The maximum atomic E-state index is 14.3. The minimum atomic E-state index is -1.54. The molecule has 0 spiro atoms. The van der Waals surface area contributed by atoms with Gasteiger partial charge in [0, 0.05) is 41.6 Å². The van der Waals surface area contributed by atoms with Crippen LogP contribution in [0.3, 0.4) is 0 Å². The van der Waals surface area contributed by atoms with Gasteiger partial charge in [-0.3, -0.25) is 9.59 Å². The van der Waals surface area contributed by atoms with Gasteiger partial charge in [0.1, 0.15) is 17.2 Å². The van der Waals surface area contributed by atoms with Crippen molar-refractivity contribution < 1.29 is 33.3 Å². The van der Waals surface area contributed by atoms with E-state index in [1.165, 1.54) is 6.07 Å². The molecule has 2 atom stereocenters. The van der Waals surface area contributed by atoms with Crippen molar-refractivity contribution in [2.45, 2.75) is 63.7 Å². The molecule has 10 heteroatoms. The summed E-state index contributed by atoms with van der Waals surface area (Å²) >= 11 is 3.60. The third-order valence-electron chi connectivity index (χ3n) is 6.99. The van der Waals surface area contributed by atoms with Gasteiger partial charge in [0.15, 0.2) is 11.6 Å². The Hall–Kier alpha value is -3.76. The number of aliphatic hydroxyl groups is 1. The molecule has 0 bridgehead atoms. The van der Waals surface area contributed by atoms with E-state index < -0.39 is 29.1 Å². The number of esters is 1. The highest BCUT2D eigenvalue weighted by Crippen LogP contribution is 2.45. The monoisotopic (exact) mass is 668 g/mol. The largest absolute Gasteiger partial charge is 0.494 e. The quantitative estimate of drug-likeness (QED) is 0.169. The van der Waals surface area contributed by atoms with E-state index in [1.807, 2.05) is 24.3 Å². The molecule has 0 aliphatic carbocycles. The van der Waals surface area contributed by atoms with E-state index in [1.54, 1.807) is 63.2 Å². The molecule has 1 aliphatic rings. The lowest BCUT2D eigenvalue weighted by Gasteiger charge is -2.31. The molecule has 0 saturated carbocycles. The first-order valence-electron chi connectivity index (χ1n) is 14.6. The number of carbonyl (C=O) groups is 2. The lowest BCUT2D eigenvalue weighted by molar-refractivity contribution is -0.155. The number of aliphatic hydroxyl groups excluding tert-OH is 1. The molecule has 44 heavy (non-hydrogen) atoms. The van der Waals surface area contributed by atoms with Crippen molar-refractivity contribution >= 4 is 33.7 Å². The van der Waals surface area contributed by atoms with Gasteiger partial charge in [-0.2, -0.15) is 0 Å². The molecule has 3 aromatic carbocycles. The molecule has 3 aromatic rings. The number of benzene rings is 3. The van der Waals surface area contributed by atoms with Crippen molar-refractivity contribution in [3.63, 3.8) is 0 Å². The van der Waals surface area contributed by atoms with Gasteiger partial charge in [0.25, 0.3) is 5.91 Å². The van der Waals surface area contributed by atoms with Crippen LogP contribution >= 0.6 is 15.9 Å². The molecule has 2 N–H and O–H groups in total. The minimum absolute atomic E-state index is 0.00526. The standard InChI is InChI=1S/C34H38BrFN2O6/c1-33(2,3)44-29(40)17-19-34(32(41)37-20-18-23-9-4-7-12-28(23)36)30(26-10-5-6-11-27(26)35)43-31(38-34)24-13-15-25(16-14-24)42-22-8-21-39/h4-7,9-16,30,39H,8,17-22H2,1-3H3,(H,37,41)/t30-,34-/m1/s1. The van der Waals surface area contributed by atoms with E-state index >= 15 is 0 Å². The second-order valence-electron chi connectivity index (χ2n) is 11.5. The van der Waals surface area contributed by atoms with Crippen LogP contribution in [0.4, 0.5) is 4.39 Å². The second-order valence-corrected chi connectivity index (χ2v) is 12.3. The Bertz CT molecular complexity index is 1470. The maximum Gasteiger partial charge on any atom is 0.306 e. The first-order chi connectivity index (χ1) is 21.0. The van der Waals surface area contributed by atoms with Crippen LogP contribution in [0.15, 0.2) is 82.3 Å². The summed E-state index contributed by atoms with van der Waals surface area (Å²) in [5, 5.41) is 12.0. The maximum absolute atomic E-state index is 14.3. The van der Waals surface area contributed by atoms with Crippen molar-refractivity contribution in [1.29, 1.82) is 0 Å². The van der Waals surface area contributed by atoms with E-state index in [4.69, 9.17) is 24.3 Å². The van der Waals surface area contributed by atoms with Crippen molar-refractivity contribution in [2.75, 3.05) is 19.8 Å². The zero-order valence-corrected chi connectivity index (χ0v) is 26.7. The number of halogens is 2. The molecule has 4 rings (SSSR count). The molecule has 0 saturated heterocycles. The molecular formula is C34H38BrFN2O6. The summed E-state index contributed by atoms with van der Waals surface area (Å²) in [6, 6.07) is 20.9. The Kier molecular flexibility index (Phi) is 11.2. The Morgan fingerprint density at radius 1 is 1.07 bits per heavy atom. The first kappa shape index (κ1) is 33.1. The molecule has 1 amide bonds. The van der Waals surface area contributed by atoms with Crippen LogP contribution in [0.1, 0.15) is 62.8 Å². The number of hydrogen-bond acceptors (Lipinski definition) is 7. The number of rotatable bonds is 13. The Morgan fingerprint density at radius 2 is 1.77 bits per heavy atom. The van der Waals surface area contributed by atoms with Crippen molar-refractivity contribution in [3.05, 3.63) is 99.8 Å². The summed E-state index contributed by atoms with van der Waals surface area (Å²) in [6.45, 7) is 5.91. The zero-order valence-electron chi connectivity index (χ0n) is 25.1. The number of amides is 1. The van der Waals surface area contributed by atoms with Crippen LogP contribution in [-0.4, -0.2) is 53.8 Å². The normalized spacial score (nSPS) is 17.9. The third kappa shape index (κ3) is 8.45. The summed E-state index contributed by atoms with van der Waals surface area (Å²) in [5.41, 5.74) is -0.457. The topological polar surface area (TPSA) is 106 Å². The van der Waals surface area contributed by atoms with E-state index in [0.717, 1.165) is 4.47 Å². The van der Waals surface area contributed by atoms with Gasteiger partial charge in [-0.25, -0.2) is 9.38 Å². The van der Waals surface area contributed by atoms with Crippen molar-refractivity contribution in [1.82, 2.24) is 5.32 Å². The fraction of sp³-hybridized carbons (Fsp3) is 0.382. The predicted molar refractivity (Wildman–Crippen MR) is 169 cm³/mol. The molecule has 0 aromatic heterocycles. The Balaban J connectivity index is 1.69. The number of nitrogens with one attached hydrogen (secondary N) is 1. The van der Waals surface area contributed by atoms with E-state index in [0.29, 0.717) is 35.5 Å². The lowest BCUT2D eigenvalue weighted by atomic mass is 9.83. The van der Waals surface area contributed by atoms with Crippen molar-refractivity contribution in [3.8, 4) is 5.75 Å². The van der Waals surface area contributed by atoms with Crippen LogP contribution in [0.2, 0.25) is 0 Å². The molecule has 234 valence electrons. The highest BCUT2D eigenvalue weighted by Gasteiger charge is 2.53. The fourth-order valence-corrected chi connectivity index (χ4v) is 5.38. The molecule has 1 heterocycles. The molecule has 1 aliphatic heterocycles. The highest BCUT2D eigenvalue weighted by atomic mass is 79.9. The number of nitrogens with zero attached hydrogens (tertiary/aromatic N) is 1. The van der Waals surface area contributed by atoms with E-state index in [9.17, 15) is 14.0 Å². The number of aliphatic imine (C=N–C) groups is 1. The van der Waals surface area contributed by atoms with E-state index in [2.05, 4.69) is 21.2 Å². The SMILES string of the molecule is CC(C)(C)OC(=O)CC[C@@]1(C(=O)NCCc2ccccc2F)N=C(c2ccc(OCCCO)cc2)O[C@@H]1c1ccccc1Br. The van der Waals surface area contributed by atoms with Crippen LogP contribution < -0.4 is 10.1 Å². The van der Waals surface area contributed by atoms with Gasteiger partial charge in [0.05, 0.1) is 6.61 Å². The number of ether oxygens (including phenoxy) is 3. The third-order valence-corrected chi connectivity index (χ3v) is 7.71. The summed E-state index contributed by atoms with van der Waals surface area (Å²) in [5.74, 6) is -0.404. The Labute approximate surface area is 265 Å². The summed E-state index contributed by atoms with van der Waals surface area (Å²) in [6.07, 6.45) is -0.182. The van der Waals surface area contributed by atoms with Gasteiger partial charge in [0.2, 0.25) is 5.90 Å². The summed E-state index contributed by atoms with van der Waals surface area (Å²) in [4.78, 5) is 32.0. The Morgan fingerprint density at radius 3 is 2.45 bits per heavy atom. The number of carbonyl (C=O) groups excluding carboxylic acids is 2. The van der Waals surface area contributed by atoms with Gasteiger partial charge >= 0.3 is 5.97 Å². The van der Waals surface area contributed by atoms with Gasteiger partial charge in [-0.15, -0.1) is 0 Å². The average Bonchev–Trinajstić information content (AvgIpc) is 3.37. The smallest absolute Gasteiger partial charge is 0.306 e. The molecule has 0 unspecified atom stereocenters. The van der Waals surface area contributed by atoms with Gasteiger partial charge in [-0.1, -0.05) is 52.3 Å². The van der Waals surface area contributed by atoms with Crippen LogP contribution in [0.5, 0.6) is 5.75 Å². The average molecular weight is 670 g/mol. The molecular weight excluding hydrogens is 631 g/mol. The number of hydrogen-bond donors (Lipinski definition) is 2. The van der Waals surface area contributed by atoms with Crippen LogP contribution in [0, 0.1) is 5.82 Å². The fourth-order valence-electron chi connectivity index (χ4n) is 4.89. The summed E-state index contributed by atoms with van der Waals surface area (Å²) in [7, 11) is 0. The summed E-state index contributed by atoms with van der Waals surface area (Å²) < 4.78 is 32.7. The highest BCUT2D eigenvalue weighted by molar-refractivity contribution is 9.10.